The molecule has 1 N–H and O–H groups in total. The molecule has 174 valence electrons. The number of esters is 1. The van der Waals surface area contributed by atoms with Crippen molar-refractivity contribution in [2.45, 2.75) is 19.1 Å². The molecule has 1 heterocycles. The molecule has 34 heavy (non-hydrogen) atoms. The predicted molar refractivity (Wildman–Crippen MR) is 135 cm³/mol. The zero-order chi connectivity index (χ0) is 24.1. The maximum Gasteiger partial charge on any atom is 0.336 e. The fourth-order valence-electron chi connectivity index (χ4n) is 3.75. The number of carbonyl (C=O) groups is 2. The Labute approximate surface area is 205 Å². The number of benzene rings is 3. The van der Waals surface area contributed by atoms with Crippen molar-refractivity contribution >= 4 is 57.0 Å². The predicted octanol–water partition coefficient (Wildman–Crippen LogP) is 5.19. The molecule has 0 aliphatic heterocycles. The Bertz CT molecular complexity index is 1420. The van der Waals surface area contributed by atoms with Crippen molar-refractivity contribution in [3.8, 4) is 0 Å². The molecular weight excluding hydrogens is 474 g/mol. The Morgan fingerprint density at radius 2 is 1.85 bits per heavy atom. The van der Waals surface area contributed by atoms with E-state index in [-0.39, 0.29) is 12.2 Å². The van der Waals surface area contributed by atoms with Crippen LogP contribution in [-0.4, -0.2) is 29.9 Å². The molecule has 0 bridgehead atoms. The van der Waals surface area contributed by atoms with Crippen molar-refractivity contribution in [1.82, 2.24) is 5.32 Å². The number of nitrogens with one attached hydrogen (secondary N) is 1. The van der Waals surface area contributed by atoms with Crippen molar-refractivity contribution in [3.05, 3.63) is 93.3 Å². The Morgan fingerprint density at radius 3 is 2.65 bits per heavy atom. The van der Waals surface area contributed by atoms with E-state index >= 15 is 0 Å². The standard InChI is InChI=1S/C26H22ClNO5S/c1-34-13-12-21(28-25(30)19-8-4-5-9-20(19)27)26(31)32-15-17-14-23(29)33-22-11-10-16-6-2-3-7-18(16)24(17)22/h2-11,14,21H,12-13,15H2,1H3,(H,28,30). The van der Waals surface area contributed by atoms with Gasteiger partial charge in [-0.1, -0.05) is 54.1 Å². The Hall–Kier alpha value is -3.29. The van der Waals surface area contributed by atoms with Gasteiger partial charge >= 0.3 is 11.6 Å². The van der Waals surface area contributed by atoms with E-state index in [1.165, 1.54) is 6.07 Å². The van der Waals surface area contributed by atoms with Gasteiger partial charge in [0.2, 0.25) is 0 Å². The zero-order valence-electron chi connectivity index (χ0n) is 18.4. The molecule has 1 unspecified atom stereocenters. The summed E-state index contributed by atoms with van der Waals surface area (Å²) in [5.74, 6) is -0.396. The number of fused-ring (bicyclic) bond motifs is 3. The van der Waals surface area contributed by atoms with Gasteiger partial charge in [0.1, 0.15) is 18.2 Å². The van der Waals surface area contributed by atoms with Crippen LogP contribution in [0.15, 0.2) is 75.9 Å². The van der Waals surface area contributed by atoms with Gasteiger partial charge in [0, 0.05) is 17.0 Å². The lowest BCUT2D eigenvalue weighted by Crippen LogP contribution is -2.42. The number of ether oxygens (including phenoxy) is 1. The molecule has 0 spiro atoms. The van der Waals surface area contributed by atoms with E-state index in [0.717, 1.165) is 10.8 Å². The van der Waals surface area contributed by atoms with E-state index in [1.807, 2.05) is 36.6 Å². The molecule has 3 aromatic carbocycles. The number of rotatable bonds is 8. The largest absolute Gasteiger partial charge is 0.459 e. The van der Waals surface area contributed by atoms with Crippen LogP contribution in [0, 0.1) is 0 Å². The molecule has 0 aliphatic carbocycles. The van der Waals surface area contributed by atoms with Gasteiger partial charge in [-0.15, -0.1) is 0 Å². The molecule has 0 aliphatic rings. The molecule has 8 heteroatoms. The summed E-state index contributed by atoms with van der Waals surface area (Å²) in [5.41, 5.74) is 0.713. The summed E-state index contributed by atoms with van der Waals surface area (Å²) < 4.78 is 11.0. The van der Waals surface area contributed by atoms with Crippen molar-refractivity contribution in [3.63, 3.8) is 0 Å². The number of carbonyl (C=O) groups excluding carboxylic acids is 2. The van der Waals surface area contributed by atoms with Crippen LogP contribution in [0.4, 0.5) is 0 Å². The average Bonchev–Trinajstić information content (AvgIpc) is 2.84. The lowest BCUT2D eigenvalue weighted by Gasteiger charge is -2.18. The molecule has 0 radical (unpaired) electrons. The molecule has 4 aromatic rings. The van der Waals surface area contributed by atoms with Crippen LogP contribution >= 0.6 is 23.4 Å². The first-order valence-electron chi connectivity index (χ1n) is 10.6. The van der Waals surface area contributed by atoms with Crippen LogP contribution in [-0.2, 0) is 16.1 Å². The lowest BCUT2D eigenvalue weighted by molar-refractivity contribution is -0.147. The van der Waals surface area contributed by atoms with Gasteiger partial charge in [-0.3, -0.25) is 4.79 Å². The highest BCUT2D eigenvalue weighted by molar-refractivity contribution is 7.98. The van der Waals surface area contributed by atoms with E-state index in [2.05, 4.69) is 5.32 Å². The van der Waals surface area contributed by atoms with Crippen LogP contribution in [0.1, 0.15) is 22.3 Å². The van der Waals surface area contributed by atoms with Crippen LogP contribution < -0.4 is 10.9 Å². The smallest absolute Gasteiger partial charge is 0.336 e. The lowest BCUT2D eigenvalue weighted by atomic mass is 10.0. The van der Waals surface area contributed by atoms with Crippen LogP contribution in [0.25, 0.3) is 21.7 Å². The summed E-state index contributed by atoms with van der Waals surface area (Å²) in [6.45, 7) is -0.132. The van der Waals surface area contributed by atoms with E-state index in [0.29, 0.717) is 33.7 Å². The fourth-order valence-corrected chi connectivity index (χ4v) is 4.44. The monoisotopic (exact) mass is 495 g/mol. The van der Waals surface area contributed by atoms with E-state index < -0.39 is 23.5 Å². The van der Waals surface area contributed by atoms with Gasteiger partial charge in [-0.2, -0.15) is 11.8 Å². The molecule has 1 aromatic heterocycles. The first kappa shape index (κ1) is 23.9. The third-order valence-corrected chi connectivity index (χ3v) is 6.38. The number of amides is 1. The summed E-state index contributed by atoms with van der Waals surface area (Å²) in [7, 11) is 0. The minimum absolute atomic E-state index is 0.132. The molecular formula is C26H22ClNO5S. The first-order valence-corrected chi connectivity index (χ1v) is 12.4. The highest BCUT2D eigenvalue weighted by atomic mass is 35.5. The van der Waals surface area contributed by atoms with Crippen molar-refractivity contribution in [2.75, 3.05) is 12.0 Å². The maximum atomic E-state index is 13.0. The van der Waals surface area contributed by atoms with Crippen LogP contribution in [0.3, 0.4) is 0 Å². The summed E-state index contributed by atoms with van der Waals surface area (Å²) in [6.07, 6.45) is 2.30. The quantitative estimate of drug-likeness (QED) is 0.205. The molecule has 1 amide bonds. The number of thioether (sulfide) groups is 1. The van der Waals surface area contributed by atoms with Crippen molar-refractivity contribution in [1.29, 1.82) is 0 Å². The van der Waals surface area contributed by atoms with Gasteiger partial charge in [-0.25, -0.2) is 9.59 Å². The minimum Gasteiger partial charge on any atom is -0.459 e. The number of hydrogen-bond acceptors (Lipinski definition) is 6. The topological polar surface area (TPSA) is 85.6 Å². The van der Waals surface area contributed by atoms with E-state index in [9.17, 15) is 14.4 Å². The number of halogens is 1. The highest BCUT2D eigenvalue weighted by Gasteiger charge is 2.24. The molecule has 0 fully saturated rings. The summed E-state index contributed by atoms with van der Waals surface area (Å²) >= 11 is 7.68. The van der Waals surface area contributed by atoms with E-state index in [4.69, 9.17) is 20.8 Å². The van der Waals surface area contributed by atoms with Crippen LogP contribution in [0.5, 0.6) is 0 Å². The Balaban J connectivity index is 1.58. The summed E-state index contributed by atoms with van der Waals surface area (Å²) in [6, 6.07) is 18.4. The molecule has 6 nitrogen and oxygen atoms in total. The normalized spacial score (nSPS) is 11.9. The van der Waals surface area contributed by atoms with Gasteiger partial charge < -0.3 is 14.5 Å². The molecule has 1 atom stereocenters. The molecule has 0 saturated heterocycles. The summed E-state index contributed by atoms with van der Waals surface area (Å²) in [5, 5.41) is 5.61. The minimum atomic E-state index is -0.862. The zero-order valence-corrected chi connectivity index (χ0v) is 19.9. The van der Waals surface area contributed by atoms with Gasteiger partial charge in [0.15, 0.2) is 0 Å². The second-order valence-electron chi connectivity index (χ2n) is 7.65. The van der Waals surface area contributed by atoms with E-state index in [1.54, 1.807) is 42.1 Å². The molecule has 4 rings (SSSR count). The van der Waals surface area contributed by atoms with Gasteiger partial charge in [0.25, 0.3) is 5.91 Å². The van der Waals surface area contributed by atoms with Crippen molar-refractivity contribution < 1.29 is 18.7 Å². The fraction of sp³-hybridized carbons (Fsp3) is 0.192. The van der Waals surface area contributed by atoms with Gasteiger partial charge in [0.05, 0.1) is 10.6 Å². The van der Waals surface area contributed by atoms with Crippen LogP contribution in [0.2, 0.25) is 5.02 Å². The average molecular weight is 496 g/mol. The Morgan fingerprint density at radius 1 is 1.09 bits per heavy atom. The number of hydrogen-bond donors (Lipinski definition) is 1. The second-order valence-corrected chi connectivity index (χ2v) is 9.04. The Kier molecular flexibility index (Phi) is 7.55. The third-order valence-electron chi connectivity index (χ3n) is 5.40. The maximum absolute atomic E-state index is 13.0. The summed E-state index contributed by atoms with van der Waals surface area (Å²) in [4.78, 5) is 37.8. The SMILES string of the molecule is CSCCC(NC(=O)c1ccccc1Cl)C(=O)OCc1cc(=O)oc2ccc3ccccc3c12. The molecule has 0 saturated carbocycles. The third kappa shape index (κ3) is 5.26. The second kappa shape index (κ2) is 10.8. The van der Waals surface area contributed by atoms with Crippen molar-refractivity contribution in [2.24, 2.45) is 0 Å². The highest BCUT2D eigenvalue weighted by Crippen LogP contribution is 2.28. The first-order chi connectivity index (χ1) is 16.5. The van der Waals surface area contributed by atoms with Gasteiger partial charge in [-0.05, 0) is 47.4 Å².